The van der Waals surface area contributed by atoms with Gasteiger partial charge >= 0.3 is 0 Å². The van der Waals surface area contributed by atoms with Crippen LogP contribution in [0.1, 0.15) is 46.5 Å². The molecule has 0 heterocycles. The Labute approximate surface area is 81.5 Å². The van der Waals surface area contributed by atoms with Crippen molar-refractivity contribution >= 4 is 0 Å². The van der Waals surface area contributed by atoms with Crippen LogP contribution in [0.3, 0.4) is 0 Å². The molecular formula is C11H23NO. The molecule has 2 heteroatoms. The molecule has 1 aliphatic carbocycles. The third-order valence-electron chi connectivity index (χ3n) is 3.57. The third-order valence-corrected chi connectivity index (χ3v) is 3.57. The first-order valence-electron chi connectivity index (χ1n) is 5.40. The largest absolute Gasteiger partial charge is 0.389 e. The predicted octanol–water partition coefficient (Wildman–Crippen LogP) is 1.91. The van der Waals surface area contributed by atoms with E-state index in [1.54, 1.807) is 0 Å². The van der Waals surface area contributed by atoms with Gasteiger partial charge < -0.3 is 10.8 Å². The van der Waals surface area contributed by atoms with E-state index >= 15 is 0 Å². The molecule has 0 saturated heterocycles. The van der Waals surface area contributed by atoms with Crippen LogP contribution in [0.4, 0.5) is 0 Å². The second-order valence-corrected chi connectivity index (χ2v) is 5.04. The van der Waals surface area contributed by atoms with Crippen LogP contribution >= 0.6 is 0 Å². The molecule has 0 aliphatic heterocycles. The van der Waals surface area contributed by atoms with E-state index in [9.17, 15) is 5.11 Å². The van der Waals surface area contributed by atoms with Gasteiger partial charge in [0.25, 0.3) is 0 Å². The van der Waals surface area contributed by atoms with Crippen LogP contribution < -0.4 is 5.73 Å². The Morgan fingerprint density at radius 1 is 1.38 bits per heavy atom. The molecule has 2 nitrogen and oxygen atoms in total. The van der Waals surface area contributed by atoms with Gasteiger partial charge in [-0.05, 0) is 25.2 Å². The molecule has 78 valence electrons. The number of aliphatic hydroxyl groups is 1. The highest BCUT2D eigenvalue weighted by Crippen LogP contribution is 2.50. The zero-order valence-corrected chi connectivity index (χ0v) is 9.14. The fourth-order valence-electron chi connectivity index (χ4n) is 2.21. The van der Waals surface area contributed by atoms with Crippen molar-refractivity contribution in [2.24, 2.45) is 17.1 Å². The van der Waals surface area contributed by atoms with E-state index in [2.05, 4.69) is 20.8 Å². The number of rotatable bonds is 5. The van der Waals surface area contributed by atoms with Crippen molar-refractivity contribution in [3.05, 3.63) is 0 Å². The summed E-state index contributed by atoms with van der Waals surface area (Å²) in [5.74, 6) is 0.506. The molecular weight excluding hydrogens is 162 g/mol. The summed E-state index contributed by atoms with van der Waals surface area (Å²) in [5, 5.41) is 10.6. The minimum Gasteiger partial charge on any atom is -0.389 e. The van der Waals surface area contributed by atoms with Gasteiger partial charge in [0.2, 0.25) is 0 Å². The Morgan fingerprint density at radius 2 is 1.92 bits per heavy atom. The summed E-state index contributed by atoms with van der Waals surface area (Å²) in [6.07, 6.45) is 4.29. The average Bonchev–Trinajstić information content (AvgIpc) is 2.87. The first-order chi connectivity index (χ1) is 5.98. The van der Waals surface area contributed by atoms with Crippen LogP contribution in [0.25, 0.3) is 0 Å². The normalized spacial score (nSPS) is 22.8. The molecule has 0 amide bonds. The predicted molar refractivity (Wildman–Crippen MR) is 55.4 cm³/mol. The van der Waals surface area contributed by atoms with Crippen molar-refractivity contribution in [1.29, 1.82) is 0 Å². The molecule has 0 spiro atoms. The Bertz CT molecular complexity index is 175. The summed E-state index contributed by atoms with van der Waals surface area (Å²) < 4.78 is 0. The van der Waals surface area contributed by atoms with Crippen molar-refractivity contribution in [2.75, 3.05) is 6.54 Å². The molecule has 1 unspecified atom stereocenters. The molecule has 1 fully saturated rings. The zero-order valence-electron chi connectivity index (χ0n) is 9.14. The summed E-state index contributed by atoms with van der Waals surface area (Å²) in [6.45, 7) is 6.86. The maximum atomic E-state index is 10.6. The molecule has 0 aromatic rings. The van der Waals surface area contributed by atoms with Crippen LogP contribution in [-0.4, -0.2) is 17.3 Å². The molecule has 3 N–H and O–H groups in total. The first-order valence-corrected chi connectivity index (χ1v) is 5.40. The lowest BCUT2D eigenvalue weighted by Crippen LogP contribution is -2.50. The topological polar surface area (TPSA) is 46.2 Å². The standard InChI is InChI=1S/C11H23NO/c1-4-7-11(13,9-5-6-9)10(2,3)8-12/h9,13H,4-8,12H2,1-3H3. The lowest BCUT2D eigenvalue weighted by Gasteiger charge is -2.42. The van der Waals surface area contributed by atoms with E-state index in [4.69, 9.17) is 5.73 Å². The van der Waals surface area contributed by atoms with Crippen molar-refractivity contribution in [3.63, 3.8) is 0 Å². The summed E-state index contributed by atoms with van der Waals surface area (Å²) in [6, 6.07) is 0. The average molecular weight is 185 g/mol. The first kappa shape index (κ1) is 11.0. The molecule has 13 heavy (non-hydrogen) atoms. The Morgan fingerprint density at radius 3 is 2.23 bits per heavy atom. The van der Waals surface area contributed by atoms with Gasteiger partial charge in [-0.15, -0.1) is 0 Å². The van der Waals surface area contributed by atoms with Crippen LogP contribution in [0, 0.1) is 11.3 Å². The lowest BCUT2D eigenvalue weighted by atomic mass is 9.69. The Balaban J connectivity index is 2.76. The van der Waals surface area contributed by atoms with Gasteiger partial charge in [0.1, 0.15) is 0 Å². The van der Waals surface area contributed by atoms with Crippen LogP contribution in [0.2, 0.25) is 0 Å². The van der Waals surface area contributed by atoms with E-state index < -0.39 is 5.60 Å². The van der Waals surface area contributed by atoms with Gasteiger partial charge in [0.15, 0.2) is 0 Å². The maximum Gasteiger partial charge on any atom is 0.0738 e. The summed E-state index contributed by atoms with van der Waals surface area (Å²) >= 11 is 0. The van der Waals surface area contributed by atoms with E-state index in [0.29, 0.717) is 12.5 Å². The molecule has 1 saturated carbocycles. The van der Waals surface area contributed by atoms with Crippen molar-refractivity contribution < 1.29 is 5.11 Å². The quantitative estimate of drug-likeness (QED) is 0.687. The second-order valence-electron chi connectivity index (χ2n) is 5.04. The van der Waals surface area contributed by atoms with Crippen LogP contribution in [-0.2, 0) is 0 Å². The highest BCUT2D eigenvalue weighted by molar-refractivity contribution is 5.03. The SMILES string of the molecule is CCCC(O)(C1CC1)C(C)(C)CN. The smallest absolute Gasteiger partial charge is 0.0738 e. The molecule has 1 rings (SSSR count). The Kier molecular flexibility index (Phi) is 3.03. The molecule has 0 bridgehead atoms. The fraction of sp³-hybridized carbons (Fsp3) is 1.00. The summed E-state index contributed by atoms with van der Waals surface area (Å²) in [4.78, 5) is 0. The third kappa shape index (κ3) is 1.89. The van der Waals surface area contributed by atoms with Gasteiger partial charge in [-0.3, -0.25) is 0 Å². The molecule has 0 radical (unpaired) electrons. The number of nitrogens with two attached hydrogens (primary N) is 1. The fourth-order valence-corrected chi connectivity index (χ4v) is 2.21. The van der Waals surface area contributed by atoms with E-state index in [0.717, 1.165) is 12.8 Å². The van der Waals surface area contributed by atoms with Crippen molar-refractivity contribution in [1.82, 2.24) is 0 Å². The van der Waals surface area contributed by atoms with Crippen molar-refractivity contribution in [3.8, 4) is 0 Å². The lowest BCUT2D eigenvalue weighted by molar-refractivity contribution is -0.0878. The minimum absolute atomic E-state index is 0.135. The van der Waals surface area contributed by atoms with E-state index in [-0.39, 0.29) is 5.41 Å². The van der Waals surface area contributed by atoms with Gasteiger partial charge in [0, 0.05) is 12.0 Å². The number of hydrogen-bond acceptors (Lipinski definition) is 2. The highest BCUT2D eigenvalue weighted by Gasteiger charge is 2.51. The number of hydrogen-bond donors (Lipinski definition) is 2. The molecule has 0 aromatic heterocycles. The monoisotopic (exact) mass is 185 g/mol. The Hall–Kier alpha value is -0.0800. The highest BCUT2D eigenvalue weighted by atomic mass is 16.3. The summed E-state index contributed by atoms with van der Waals surface area (Å²) in [7, 11) is 0. The van der Waals surface area contributed by atoms with Gasteiger partial charge in [-0.25, -0.2) is 0 Å². The van der Waals surface area contributed by atoms with Crippen LogP contribution in [0.5, 0.6) is 0 Å². The van der Waals surface area contributed by atoms with Gasteiger partial charge in [0.05, 0.1) is 5.60 Å². The summed E-state index contributed by atoms with van der Waals surface area (Å²) in [5.41, 5.74) is 5.08. The van der Waals surface area contributed by atoms with E-state index in [1.807, 2.05) is 0 Å². The van der Waals surface area contributed by atoms with Crippen LogP contribution in [0.15, 0.2) is 0 Å². The minimum atomic E-state index is -0.517. The maximum absolute atomic E-state index is 10.6. The van der Waals surface area contributed by atoms with Gasteiger partial charge in [-0.2, -0.15) is 0 Å². The molecule has 1 atom stereocenters. The van der Waals surface area contributed by atoms with Gasteiger partial charge in [-0.1, -0.05) is 27.2 Å². The molecule has 0 aromatic carbocycles. The zero-order chi connectivity index (χ0) is 10.1. The molecule has 1 aliphatic rings. The second kappa shape index (κ2) is 3.58. The van der Waals surface area contributed by atoms with E-state index in [1.165, 1.54) is 12.8 Å². The van der Waals surface area contributed by atoms with Crippen molar-refractivity contribution in [2.45, 2.75) is 52.1 Å².